The normalized spacial score (nSPS) is 14.9. The number of thiocarbonyl (C=S) groups is 1. The third kappa shape index (κ3) is 4.16. The maximum absolute atomic E-state index is 5.91. The van der Waals surface area contributed by atoms with E-state index < -0.39 is 0 Å². The van der Waals surface area contributed by atoms with Gasteiger partial charge in [-0.25, -0.2) is 4.98 Å². The second kappa shape index (κ2) is 5.56. The van der Waals surface area contributed by atoms with Crippen molar-refractivity contribution in [3.05, 3.63) is 22.9 Å². The summed E-state index contributed by atoms with van der Waals surface area (Å²) in [6.45, 7) is 11.2. The summed E-state index contributed by atoms with van der Waals surface area (Å²) in [4.78, 5) is 5.23. The van der Waals surface area contributed by atoms with Crippen molar-refractivity contribution in [1.29, 1.82) is 0 Å². The number of rotatable bonds is 4. The SMILES string of the molecule is CC(C)(C)CC(C)(C)Nc1nc2c(cc1C(N)=S)CCC2. The largest absolute Gasteiger partial charge is 0.389 e. The van der Waals surface area contributed by atoms with E-state index in [9.17, 15) is 0 Å². The van der Waals surface area contributed by atoms with E-state index in [2.05, 4.69) is 46.0 Å². The number of hydrogen-bond acceptors (Lipinski definition) is 3. The molecule has 0 atom stereocenters. The average Bonchev–Trinajstić information content (AvgIpc) is 2.70. The van der Waals surface area contributed by atoms with E-state index >= 15 is 0 Å². The number of fused-ring (bicyclic) bond motifs is 1. The third-order valence-corrected chi connectivity index (χ3v) is 3.97. The van der Waals surface area contributed by atoms with Crippen molar-refractivity contribution in [3.63, 3.8) is 0 Å². The van der Waals surface area contributed by atoms with Gasteiger partial charge in [-0.3, -0.25) is 0 Å². The molecule has 0 amide bonds. The number of nitrogens with one attached hydrogen (secondary N) is 1. The van der Waals surface area contributed by atoms with E-state index in [1.54, 1.807) is 0 Å². The van der Waals surface area contributed by atoms with Crippen molar-refractivity contribution in [2.45, 2.75) is 65.8 Å². The molecule has 1 aliphatic carbocycles. The van der Waals surface area contributed by atoms with Crippen LogP contribution in [-0.2, 0) is 12.8 Å². The maximum Gasteiger partial charge on any atom is 0.136 e. The minimum absolute atomic E-state index is 0.0579. The van der Waals surface area contributed by atoms with Crippen LogP contribution in [0.15, 0.2) is 6.07 Å². The van der Waals surface area contributed by atoms with Crippen LogP contribution in [0.1, 0.15) is 64.3 Å². The molecule has 0 spiro atoms. The predicted octanol–water partition coefficient (Wildman–Crippen LogP) is 3.83. The monoisotopic (exact) mass is 305 g/mol. The zero-order valence-corrected chi connectivity index (χ0v) is 14.7. The second-order valence-corrected chi connectivity index (χ2v) is 8.39. The highest BCUT2D eigenvalue weighted by molar-refractivity contribution is 7.80. The van der Waals surface area contributed by atoms with Gasteiger partial charge in [0.25, 0.3) is 0 Å². The first-order valence-corrected chi connectivity index (χ1v) is 8.09. The lowest BCUT2D eigenvalue weighted by atomic mass is 9.81. The Hall–Kier alpha value is -1.16. The highest BCUT2D eigenvalue weighted by Gasteiger charge is 2.27. The third-order valence-electron chi connectivity index (χ3n) is 3.75. The molecule has 1 heterocycles. The summed E-state index contributed by atoms with van der Waals surface area (Å²) < 4.78 is 0. The molecule has 2 rings (SSSR count). The van der Waals surface area contributed by atoms with Gasteiger partial charge in [0.15, 0.2) is 0 Å². The predicted molar refractivity (Wildman–Crippen MR) is 93.9 cm³/mol. The van der Waals surface area contributed by atoms with Gasteiger partial charge < -0.3 is 11.1 Å². The molecule has 0 aliphatic heterocycles. The van der Waals surface area contributed by atoms with Crippen LogP contribution in [-0.4, -0.2) is 15.5 Å². The molecular formula is C17H27N3S. The van der Waals surface area contributed by atoms with Crippen LogP contribution in [0.5, 0.6) is 0 Å². The van der Waals surface area contributed by atoms with Gasteiger partial charge in [0.1, 0.15) is 10.8 Å². The summed E-state index contributed by atoms with van der Waals surface area (Å²) in [5.41, 5.74) is 9.48. The van der Waals surface area contributed by atoms with E-state index in [1.165, 1.54) is 17.7 Å². The standard InChI is InChI=1S/C17H27N3S/c1-16(2,3)10-17(4,5)20-15-12(14(18)21)9-11-7-6-8-13(11)19-15/h9H,6-8,10H2,1-5H3,(H2,18,21)(H,19,20). The maximum atomic E-state index is 5.91. The molecule has 1 aliphatic rings. The summed E-state index contributed by atoms with van der Waals surface area (Å²) in [6.07, 6.45) is 4.36. The molecule has 0 unspecified atom stereocenters. The first kappa shape index (κ1) is 16.2. The Balaban J connectivity index is 2.33. The Morgan fingerprint density at radius 3 is 2.52 bits per heavy atom. The molecule has 0 saturated carbocycles. The van der Waals surface area contributed by atoms with Crippen molar-refractivity contribution in [2.75, 3.05) is 5.32 Å². The lowest BCUT2D eigenvalue weighted by Gasteiger charge is -2.34. The summed E-state index contributed by atoms with van der Waals surface area (Å²) in [5.74, 6) is 0.845. The lowest BCUT2D eigenvalue weighted by Crippen LogP contribution is -2.36. The molecule has 3 N–H and O–H groups in total. The van der Waals surface area contributed by atoms with E-state index in [4.69, 9.17) is 22.9 Å². The lowest BCUT2D eigenvalue weighted by molar-refractivity contribution is 0.302. The van der Waals surface area contributed by atoms with E-state index in [0.717, 1.165) is 30.6 Å². The van der Waals surface area contributed by atoms with Crippen LogP contribution in [0.4, 0.5) is 5.82 Å². The Morgan fingerprint density at radius 1 is 1.29 bits per heavy atom. The number of nitrogens with zero attached hydrogens (tertiary/aromatic N) is 1. The molecule has 0 aromatic carbocycles. The molecule has 4 heteroatoms. The fraction of sp³-hybridized carbons (Fsp3) is 0.647. The quantitative estimate of drug-likeness (QED) is 0.830. The van der Waals surface area contributed by atoms with Crippen LogP contribution < -0.4 is 11.1 Å². The van der Waals surface area contributed by atoms with Crippen molar-refractivity contribution < 1.29 is 0 Å². The van der Waals surface area contributed by atoms with Crippen LogP contribution in [0, 0.1) is 5.41 Å². The fourth-order valence-corrected chi connectivity index (χ4v) is 3.60. The highest BCUT2D eigenvalue weighted by Crippen LogP contribution is 2.32. The number of anilines is 1. The Labute approximate surface area is 133 Å². The highest BCUT2D eigenvalue weighted by atomic mass is 32.1. The van der Waals surface area contributed by atoms with Gasteiger partial charge in [-0.05, 0) is 56.6 Å². The molecule has 1 aromatic rings. The van der Waals surface area contributed by atoms with E-state index in [0.29, 0.717) is 4.99 Å². The molecule has 0 saturated heterocycles. The molecule has 0 fully saturated rings. The van der Waals surface area contributed by atoms with Crippen LogP contribution in [0.3, 0.4) is 0 Å². The van der Waals surface area contributed by atoms with Gasteiger partial charge in [0.2, 0.25) is 0 Å². The second-order valence-electron chi connectivity index (χ2n) is 7.95. The minimum atomic E-state index is -0.0579. The van der Waals surface area contributed by atoms with Crippen LogP contribution in [0.25, 0.3) is 0 Å². The first-order valence-electron chi connectivity index (χ1n) is 7.68. The summed E-state index contributed by atoms with van der Waals surface area (Å²) in [7, 11) is 0. The summed E-state index contributed by atoms with van der Waals surface area (Å²) in [5, 5.41) is 3.58. The smallest absolute Gasteiger partial charge is 0.136 e. The molecule has 21 heavy (non-hydrogen) atoms. The van der Waals surface area contributed by atoms with Gasteiger partial charge >= 0.3 is 0 Å². The number of hydrogen-bond donors (Lipinski definition) is 2. The van der Waals surface area contributed by atoms with Gasteiger partial charge in [-0.1, -0.05) is 33.0 Å². The summed E-state index contributed by atoms with van der Waals surface area (Å²) in [6, 6.07) is 2.13. The number of aryl methyl sites for hydroxylation is 2. The van der Waals surface area contributed by atoms with Crippen molar-refractivity contribution in [3.8, 4) is 0 Å². The summed E-state index contributed by atoms with van der Waals surface area (Å²) >= 11 is 5.22. The van der Waals surface area contributed by atoms with Gasteiger partial charge in [-0.2, -0.15) is 0 Å². The van der Waals surface area contributed by atoms with Gasteiger partial charge in [0.05, 0.1) is 5.56 Å². The molecule has 3 nitrogen and oxygen atoms in total. The Kier molecular flexibility index (Phi) is 4.29. The number of nitrogens with two attached hydrogens (primary N) is 1. The minimum Gasteiger partial charge on any atom is -0.389 e. The number of aromatic nitrogens is 1. The first-order chi connectivity index (χ1) is 9.57. The van der Waals surface area contributed by atoms with E-state index in [-0.39, 0.29) is 11.0 Å². The zero-order chi connectivity index (χ0) is 15.8. The molecule has 116 valence electrons. The van der Waals surface area contributed by atoms with Crippen molar-refractivity contribution in [2.24, 2.45) is 11.1 Å². The van der Waals surface area contributed by atoms with Gasteiger partial charge in [-0.15, -0.1) is 0 Å². The molecule has 0 radical (unpaired) electrons. The Morgan fingerprint density at radius 2 is 1.95 bits per heavy atom. The molecular weight excluding hydrogens is 278 g/mol. The van der Waals surface area contributed by atoms with Gasteiger partial charge in [0, 0.05) is 11.2 Å². The molecule has 1 aromatic heterocycles. The molecule has 0 bridgehead atoms. The van der Waals surface area contributed by atoms with Crippen LogP contribution >= 0.6 is 12.2 Å². The van der Waals surface area contributed by atoms with Crippen molar-refractivity contribution >= 4 is 23.0 Å². The van der Waals surface area contributed by atoms with E-state index in [1.807, 2.05) is 0 Å². The fourth-order valence-electron chi connectivity index (χ4n) is 3.45. The average molecular weight is 305 g/mol. The van der Waals surface area contributed by atoms with Crippen molar-refractivity contribution in [1.82, 2.24) is 4.98 Å². The van der Waals surface area contributed by atoms with Crippen LogP contribution in [0.2, 0.25) is 0 Å². The number of pyridine rings is 1. The topological polar surface area (TPSA) is 50.9 Å². The Bertz CT molecular complexity index is 556. The zero-order valence-electron chi connectivity index (χ0n) is 13.8.